The summed E-state index contributed by atoms with van der Waals surface area (Å²) in [6.45, 7) is 0.531. The largest absolute Gasteiger partial charge is 0.487 e. The molecule has 130 valence electrons. The fourth-order valence-corrected chi connectivity index (χ4v) is 3.53. The van der Waals surface area contributed by atoms with Crippen LogP contribution in [0.5, 0.6) is 5.75 Å². The number of nitrogens with zero attached hydrogens (tertiary/aromatic N) is 1. The average Bonchev–Trinajstić information content (AvgIpc) is 3.12. The standard InChI is InChI=1S/C24H18N2O/c1-2-7-17(8-3-1)16-27-19-13-18(14-25-15-19)20-10-6-12-23-24(20)21-9-4-5-11-22(21)26-23/h1-15,26H,16H2. The Labute approximate surface area is 157 Å². The van der Waals surface area contributed by atoms with Crippen molar-refractivity contribution in [3.05, 3.63) is 96.8 Å². The SMILES string of the molecule is c1ccc(COc2cncc(-c3cccc4[nH]c5ccccc5c34)c2)cc1. The first-order valence-corrected chi connectivity index (χ1v) is 9.00. The summed E-state index contributed by atoms with van der Waals surface area (Å²) in [5.41, 5.74) is 5.62. The summed E-state index contributed by atoms with van der Waals surface area (Å²) in [6.07, 6.45) is 3.66. The lowest BCUT2D eigenvalue weighted by Crippen LogP contribution is -1.95. The smallest absolute Gasteiger partial charge is 0.138 e. The van der Waals surface area contributed by atoms with E-state index in [0.29, 0.717) is 6.61 Å². The maximum absolute atomic E-state index is 5.96. The Hall–Kier alpha value is -3.59. The first kappa shape index (κ1) is 15.6. The van der Waals surface area contributed by atoms with E-state index >= 15 is 0 Å². The summed E-state index contributed by atoms with van der Waals surface area (Å²) in [5, 5.41) is 2.44. The van der Waals surface area contributed by atoms with Gasteiger partial charge in [0.2, 0.25) is 0 Å². The summed E-state index contributed by atoms with van der Waals surface area (Å²) in [4.78, 5) is 7.91. The quantitative estimate of drug-likeness (QED) is 0.434. The Balaban J connectivity index is 1.55. The Morgan fingerprint density at radius 3 is 2.52 bits per heavy atom. The van der Waals surface area contributed by atoms with E-state index in [0.717, 1.165) is 33.5 Å². The highest BCUT2D eigenvalue weighted by Crippen LogP contribution is 2.35. The Kier molecular flexibility index (Phi) is 3.83. The lowest BCUT2D eigenvalue weighted by molar-refractivity contribution is 0.305. The lowest BCUT2D eigenvalue weighted by Gasteiger charge is -2.09. The molecule has 0 fully saturated rings. The zero-order valence-electron chi connectivity index (χ0n) is 14.7. The fourth-order valence-electron chi connectivity index (χ4n) is 3.53. The summed E-state index contributed by atoms with van der Waals surface area (Å²) < 4.78 is 5.96. The van der Waals surface area contributed by atoms with Crippen molar-refractivity contribution < 1.29 is 4.74 Å². The molecule has 2 aromatic heterocycles. The van der Waals surface area contributed by atoms with Gasteiger partial charge in [0.05, 0.1) is 6.20 Å². The highest BCUT2D eigenvalue weighted by Gasteiger charge is 2.11. The molecule has 0 atom stereocenters. The number of hydrogen-bond donors (Lipinski definition) is 1. The zero-order valence-corrected chi connectivity index (χ0v) is 14.7. The van der Waals surface area contributed by atoms with Crippen molar-refractivity contribution >= 4 is 21.8 Å². The van der Waals surface area contributed by atoms with Crippen LogP contribution in [-0.2, 0) is 6.61 Å². The zero-order chi connectivity index (χ0) is 18.1. The van der Waals surface area contributed by atoms with Gasteiger partial charge in [0, 0.05) is 33.6 Å². The van der Waals surface area contributed by atoms with Gasteiger partial charge in [0.25, 0.3) is 0 Å². The molecule has 5 aromatic rings. The monoisotopic (exact) mass is 350 g/mol. The van der Waals surface area contributed by atoms with Crippen molar-refractivity contribution in [2.45, 2.75) is 6.61 Å². The van der Waals surface area contributed by atoms with E-state index in [9.17, 15) is 0 Å². The van der Waals surface area contributed by atoms with Crippen molar-refractivity contribution in [1.29, 1.82) is 0 Å². The van der Waals surface area contributed by atoms with Gasteiger partial charge < -0.3 is 9.72 Å². The number of ether oxygens (including phenoxy) is 1. The van der Waals surface area contributed by atoms with Gasteiger partial charge in [-0.25, -0.2) is 0 Å². The number of benzene rings is 3. The van der Waals surface area contributed by atoms with Gasteiger partial charge in [-0.05, 0) is 29.3 Å². The number of aromatic nitrogens is 2. The second kappa shape index (κ2) is 6.61. The fraction of sp³-hybridized carbons (Fsp3) is 0.0417. The van der Waals surface area contributed by atoms with Crippen LogP contribution in [0.2, 0.25) is 0 Å². The van der Waals surface area contributed by atoms with Crippen molar-refractivity contribution in [3.63, 3.8) is 0 Å². The summed E-state index contributed by atoms with van der Waals surface area (Å²) in [5.74, 6) is 0.771. The Morgan fingerprint density at radius 1 is 0.778 bits per heavy atom. The number of pyridine rings is 1. The van der Waals surface area contributed by atoms with Gasteiger partial charge in [-0.1, -0.05) is 60.7 Å². The third-order valence-corrected chi connectivity index (χ3v) is 4.80. The Morgan fingerprint density at radius 2 is 1.59 bits per heavy atom. The molecule has 0 aliphatic rings. The average molecular weight is 350 g/mol. The van der Waals surface area contributed by atoms with Crippen LogP contribution in [0.1, 0.15) is 5.56 Å². The molecule has 0 saturated heterocycles. The molecule has 0 spiro atoms. The molecule has 0 radical (unpaired) electrons. The number of rotatable bonds is 4. The van der Waals surface area contributed by atoms with Gasteiger partial charge in [-0.3, -0.25) is 4.98 Å². The summed E-state index contributed by atoms with van der Waals surface area (Å²) in [7, 11) is 0. The molecule has 1 N–H and O–H groups in total. The minimum atomic E-state index is 0.531. The van der Waals surface area contributed by atoms with Crippen LogP contribution in [0.4, 0.5) is 0 Å². The van der Waals surface area contributed by atoms with E-state index in [1.807, 2.05) is 24.4 Å². The van der Waals surface area contributed by atoms with E-state index in [4.69, 9.17) is 4.74 Å². The van der Waals surface area contributed by atoms with Gasteiger partial charge in [0.15, 0.2) is 0 Å². The van der Waals surface area contributed by atoms with Gasteiger partial charge in [-0.2, -0.15) is 0 Å². The predicted octanol–water partition coefficient (Wildman–Crippen LogP) is 5.96. The van der Waals surface area contributed by atoms with Gasteiger partial charge >= 0.3 is 0 Å². The highest BCUT2D eigenvalue weighted by molar-refractivity contribution is 6.14. The van der Waals surface area contributed by atoms with E-state index in [1.165, 1.54) is 10.8 Å². The molecule has 5 rings (SSSR count). The van der Waals surface area contributed by atoms with Crippen LogP contribution in [-0.4, -0.2) is 9.97 Å². The van der Waals surface area contributed by atoms with E-state index in [1.54, 1.807) is 6.20 Å². The van der Waals surface area contributed by atoms with Crippen LogP contribution >= 0.6 is 0 Å². The number of aromatic amines is 1. The molecule has 3 aromatic carbocycles. The van der Waals surface area contributed by atoms with Crippen LogP contribution in [0.15, 0.2) is 91.3 Å². The number of H-pyrrole nitrogens is 1. The molecule has 0 unspecified atom stereocenters. The molecule has 0 aliphatic carbocycles. The highest BCUT2D eigenvalue weighted by atomic mass is 16.5. The lowest BCUT2D eigenvalue weighted by atomic mass is 10.0. The van der Waals surface area contributed by atoms with Crippen LogP contribution in [0.25, 0.3) is 32.9 Å². The van der Waals surface area contributed by atoms with E-state index in [-0.39, 0.29) is 0 Å². The molecule has 3 heteroatoms. The third-order valence-electron chi connectivity index (χ3n) is 4.80. The van der Waals surface area contributed by atoms with E-state index in [2.05, 4.69) is 70.6 Å². The number of fused-ring (bicyclic) bond motifs is 3. The van der Waals surface area contributed by atoms with Crippen molar-refractivity contribution in [2.24, 2.45) is 0 Å². The van der Waals surface area contributed by atoms with Crippen LogP contribution in [0.3, 0.4) is 0 Å². The molecular formula is C24H18N2O. The topological polar surface area (TPSA) is 37.9 Å². The number of hydrogen-bond acceptors (Lipinski definition) is 2. The first-order valence-electron chi connectivity index (χ1n) is 9.00. The van der Waals surface area contributed by atoms with E-state index < -0.39 is 0 Å². The summed E-state index contributed by atoms with van der Waals surface area (Å²) in [6, 6.07) is 26.9. The maximum atomic E-state index is 5.96. The minimum absolute atomic E-state index is 0.531. The summed E-state index contributed by atoms with van der Waals surface area (Å²) >= 11 is 0. The van der Waals surface area contributed by atoms with Crippen molar-refractivity contribution in [1.82, 2.24) is 9.97 Å². The molecule has 0 aliphatic heterocycles. The molecule has 0 saturated carbocycles. The predicted molar refractivity (Wildman–Crippen MR) is 110 cm³/mol. The molecule has 0 bridgehead atoms. The molecule has 3 nitrogen and oxygen atoms in total. The van der Waals surface area contributed by atoms with Crippen LogP contribution < -0.4 is 4.74 Å². The second-order valence-corrected chi connectivity index (χ2v) is 6.58. The third kappa shape index (κ3) is 2.93. The molecular weight excluding hydrogens is 332 g/mol. The number of nitrogens with one attached hydrogen (secondary N) is 1. The van der Waals surface area contributed by atoms with Gasteiger partial charge in [-0.15, -0.1) is 0 Å². The maximum Gasteiger partial charge on any atom is 0.138 e. The Bertz CT molecular complexity index is 1230. The van der Waals surface area contributed by atoms with Gasteiger partial charge in [0.1, 0.15) is 12.4 Å². The second-order valence-electron chi connectivity index (χ2n) is 6.58. The van der Waals surface area contributed by atoms with Crippen LogP contribution in [0, 0.1) is 0 Å². The minimum Gasteiger partial charge on any atom is -0.487 e. The van der Waals surface area contributed by atoms with Crippen molar-refractivity contribution in [3.8, 4) is 16.9 Å². The molecule has 2 heterocycles. The number of para-hydroxylation sites is 1. The molecule has 27 heavy (non-hydrogen) atoms. The van der Waals surface area contributed by atoms with Crippen molar-refractivity contribution in [2.75, 3.05) is 0 Å². The normalized spacial score (nSPS) is 11.1. The molecule has 0 amide bonds. The first-order chi connectivity index (χ1) is 13.4.